The molecule has 0 spiro atoms. The van der Waals surface area contributed by atoms with Crippen LogP contribution in [0.25, 0.3) is 22.2 Å². The molecule has 284 valence electrons. The molecule has 11 nitrogen and oxygen atoms in total. The number of fused-ring (bicyclic) bond motifs is 1. The Morgan fingerprint density at radius 2 is 1.81 bits per heavy atom. The first kappa shape index (κ1) is 38.3. The molecule has 53 heavy (non-hydrogen) atoms. The number of piperazine rings is 1. The van der Waals surface area contributed by atoms with Gasteiger partial charge in [-0.1, -0.05) is 31.2 Å². The molecule has 0 aliphatic carbocycles. The fraction of sp³-hybridized carbons (Fsp3) is 0.512. The molecule has 2 aliphatic heterocycles. The molecule has 2 aromatic carbocycles. The van der Waals surface area contributed by atoms with E-state index in [9.17, 15) is 9.59 Å². The van der Waals surface area contributed by atoms with E-state index in [0.717, 1.165) is 77.1 Å². The lowest BCUT2D eigenvalue weighted by Gasteiger charge is -2.36. The van der Waals surface area contributed by atoms with Crippen LogP contribution in [0.3, 0.4) is 0 Å². The van der Waals surface area contributed by atoms with Crippen LogP contribution in [-0.4, -0.2) is 80.8 Å². The minimum absolute atomic E-state index is 0.109. The largest absolute Gasteiger partial charge is 0.381 e. The van der Waals surface area contributed by atoms with E-state index in [2.05, 4.69) is 53.5 Å². The summed E-state index contributed by atoms with van der Waals surface area (Å²) in [6, 6.07) is 14.2. The van der Waals surface area contributed by atoms with Crippen LogP contribution in [0.5, 0.6) is 0 Å². The van der Waals surface area contributed by atoms with Crippen LogP contribution in [0.15, 0.2) is 48.7 Å². The van der Waals surface area contributed by atoms with E-state index >= 15 is 4.39 Å². The minimum Gasteiger partial charge on any atom is -0.381 e. The quantitative estimate of drug-likeness (QED) is 0.141. The molecule has 2 amide bonds. The molecule has 6 rings (SSSR count). The number of amides is 2. The predicted octanol–water partition coefficient (Wildman–Crippen LogP) is 5.78. The Bertz CT molecular complexity index is 1880. The molecule has 4 heterocycles. The zero-order valence-electron chi connectivity index (χ0n) is 31.7. The Hall–Kier alpha value is -4.39. The second-order valence-electron chi connectivity index (χ2n) is 14.7. The summed E-state index contributed by atoms with van der Waals surface area (Å²) in [6.45, 7) is 13.8. The third-order valence-corrected chi connectivity index (χ3v) is 10.4. The number of nitrogens with two attached hydrogens (primary N) is 1. The van der Waals surface area contributed by atoms with Crippen molar-refractivity contribution in [1.29, 1.82) is 0 Å². The second-order valence-corrected chi connectivity index (χ2v) is 14.7. The number of aromatic nitrogens is 3. The number of pyridine rings is 1. The number of nitrogens with one attached hydrogen (secondary N) is 2. The third kappa shape index (κ3) is 9.59. The van der Waals surface area contributed by atoms with Crippen LogP contribution in [0.4, 0.5) is 10.1 Å². The summed E-state index contributed by atoms with van der Waals surface area (Å²) >= 11 is 0. The summed E-state index contributed by atoms with van der Waals surface area (Å²) in [5.41, 5.74) is 12.3. The lowest BCUT2D eigenvalue weighted by atomic mass is 9.99. The summed E-state index contributed by atoms with van der Waals surface area (Å²) in [5, 5.41) is 13.0. The van der Waals surface area contributed by atoms with Gasteiger partial charge in [-0.2, -0.15) is 5.10 Å². The number of ether oxygens (including phenoxy) is 1. The predicted molar refractivity (Wildman–Crippen MR) is 207 cm³/mol. The minimum atomic E-state index is -0.436. The smallest absolute Gasteiger partial charge is 0.223 e. The second kappa shape index (κ2) is 17.6. The molecule has 2 aliphatic rings. The van der Waals surface area contributed by atoms with Crippen LogP contribution >= 0.6 is 0 Å². The van der Waals surface area contributed by atoms with Crippen molar-refractivity contribution in [3.8, 4) is 11.1 Å². The number of anilines is 1. The number of carbonyl (C=O) groups is 2. The zero-order valence-corrected chi connectivity index (χ0v) is 31.7. The van der Waals surface area contributed by atoms with Crippen LogP contribution in [-0.2, 0) is 46.9 Å². The number of hydrogen-bond donors (Lipinski definition) is 3. The molecule has 4 N–H and O–H groups in total. The number of aryl methyl sites for hydroxylation is 2. The maximum Gasteiger partial charge on any atom is 0.223 e. The Labute approximate surface area is 312 Å². The average Bonchev–Trinajstić information content (AvgIpc) is 3.55. The van der Waals surface area contributed by atoms with Gasteiger partial charge in [0.1, 0.15) is 5.82 Å². The fourth-order valence-corrected chi connectivity index (χ4v) is 7.85. The van der Waals surface area contributed by atoms with Crippen molar-refractivity contribution in [3.05, 3.63) is 76.9 Å². The fourth-order valence-electron chi connectivity index (χ4n) is 7.85. The molecule has 0 radical (unpaired) electrons. The Morgan fingerprint density at radius 3 is 2.53 bits per heavy atom. The van der Waals surface area contributed by atoms with Crippen LogP contribution in [0, 0.1) is 5.82 Å². The standard InChI is InChI=1S/C41H55FN8O3/c1-5-37-35(40(46-32-15-17-53-18-16-32)34-21-44-50(6-2)41(34)47-37)26-49(39(52)12-8-11-38(43)51)25-30-13-14-36(42)33(20-30)31-10-7-9-29(19-31)24-48-22-27(3)45-28(4)23-48/h7,9-10,13-14,19-21,27-28,32,45H,5-6,8,11-12,15-18,22-26H2,1-4H3,(H2,43,51)(H,46,47). The van der Waals surface area contributed by atoms with Gasteiger partial charge in [-0.05, 0) is 81.3 Å². The van der Waals surface area contributed by atoms with E-state index in [4.69, 9.17) is 15.5 Å². The third-order valence-electron chi connectivity index (χ3n) is 10.4. The highest BCUT2D eigenvalue weighted by Gasteiger charge is 2.26. The number of benzene rings is 2. The summed E-state index contributed by atoms with van der Waals surface area (Å²) in [6.07, 6.45) is 4.91. The molecule has 2 aromatic heterocycles. The number of carbonyl (C=O) groups excluding carboxylic acids is 2. The zero-order chi connectivity index (χ0) is 37.5. The number of hydrogen-bond acceptors (Lipinski definition) is 8. The lowest BCUT2D eigenvalue weighted by molar-refractivity contribution is -0.132. The first-order chi connectivity index (χ1) is 25.6. The van der Waals surface area contributed by atoms with E-state index < -0.39 is 5.91 Å². The van der Waals surface area contributed by atoms with Gasteiger partial charge in [0.15, 0.2) is 5.65 Å². The summed E-state index contributed by atoms with van der Waals surface area (Å²) in [7, 11) is 0. The van der Waals surface area contributed by atoms with Crippen molar-refractivity contribution in [2.24, 2.45) is 5.73 Å². The van der Waals surface area contributed by atoms with Crippen molar-refractivity contribution in [2.75, 3.05) is 31.6 Å². The molecular formula is C41H55FN8O3. The van der Waals surface area contributed by atoms with Gasteiger partial charge in [0.2, 0.25) is 11.8 Å². The highest BCUT2D eigenvalue weighted by atomic mass is 19.1. The number of nitrogens with zero attached hydrogens (tertiary/aromatic N) is 5. The molecule has 2 atom stereocenters. The number of primary amides is 1. The van der Waals surface area contributed by atoms with Crippen LogP contribution in [0.1, 0.15) is 82.2 Å². The van der Waals surface area contributed by atoms with Gasteiger partial charge < -0.3 is 26.0 Å². The average molecular weight is 727 g/mol. The molecule has 0 saturated carbocycles. The van der Waals surface area contributed by atoms with E-state index in [1.165, 1.54) is 6.07 Å². The van der Waals surface area contributed by atoms with Gasteiger partial charge in [0, 0.05) is 100 Å². The summed E-state index contributed by atoms with van der Waals surface area (Å²) in [5.74, 6) is -0.856. The molecule has 12 heteroatoms. The van der Waals surface area contributed by atoms with Gasteiger partial charge in [0.05, 0.1) is 17.3 Å². The Kier molecular flexibility index (Phi) is 12.7. The van der Waals surface area contributed by atoms with Crippen LogP contribution in [0.2, 0.25) is 0 Å². The van der Waals surface area contributed by atoms with Crippen molar-refractivity contribution in [2.45, 2.75) is 111 Å². The maximum atomic E-state index is 15.6. The van der Waals surface area contributed by atoms with Gasteiger partial charge in [0.25, 0.3) is 0 Å². The highest BCUT2D eigenvalue weighted by Crippen LogP contribution is 2.33. The van der Waals surface area contributed by atoms with E-state index in [1.807, 2.05) is 40.9 Å². The van der Waals surface area contributed by atoms with Crippen molar-refractivity contribution < 1.29 is 18.7 Å². The molecule has 0 bridgehead atoms. The normalized spacial score (nSPS) is 18.4. The van der Waals surface area contributed by atoms with Gasteiger partial charge in [-0.25, -0.2) is 14.1 Å². The topological polar surface area (TPSA) is 131 Å². The van der Waals surface area contributed by atoms with Crippen LogP contribution < -0.4 is 16.4 Å². The molecular weight excluding hydrogens is 672 g/mol. The van der Waals surface area contributed by atoms with Gasteiger partial charge in [-0.3, -0.25) is 14.5 Å². The summed E-state index contributed by atoms with van der Waals surface area (Å²) < 4.78 is 23.2. The molecule has 2 unspecified atom stereocenters. The maximum absolute atomic E-state index is 15.6. The van der Waals surface area contributed by atoms with Crippen molar-refractivity contribution in [3.63, 3.8) is 0 Å². The number of rotatable bonds is 15. The van der Waals surface area contributed by atoms with Gasteiger partial charge in [-0.15, -0.1) is 0 Å². The monoisotopic (exact) mass is 726 g/mol. The first-order valence-corrected chi connectivity index (χ1v) is 19.3. The molecule has 2 fully saturated rings. The first-order valence-electron chi connectivity index (χ1n) is 19.3. The Morgan fingerprint density at radius 1 is 1.04 bits per heavy atom. The van der Waals surface area contributed by atoms with E-state index in [0.29, 0.717) is 50.2 Å². The summed E-state index contributed by atoms with van der Waals surface area (Å²) in [4.78, 5) is 35.0. The van der Waals surface area contributed by atoms with Crippen molar-refractivity contribution >= 4 is 28.5 Å². The Balaban J connectivity index is 1.33. The number of halogens is 1. The van der Waals surface area contributed by atoms with Crippen molar-refractivity contribution in [1.82, 2.24) is 29.9 Å². The molecule has 4 aromatic rings. The van der Waals surface area contributed by atoms with E-state index in [-0.39, 0.29) is 43.7 Å². The van der Waals surface area contributed by atoms with Gasteiger partial charge >= 0.3 is 0 Å². The highest BCUT2D eigenvalue weighted by molar-refractivity contribution is 5.92. The SMILES string of the molecule is CCc1nc2c(cnn2CC)c(NC2CCOCC2)c1CN(Cc1ccc(F)c(-c2cccc(CN3CC(C)NC(C)C3)c2)c1)C(=O)CCCC(N)=O. The van der Waals surface area contributed by atoms with E-state index in [1.54, 1.807) is 6.07 Å². The lowest BCUT2D eigenvalue weighted by Crippen LogP contribution is -2.53. The molecule has 2 saturated heterocycles.